The lowest BCUT2D eigenvalue weighted by Gasteiger charge is -2.09. The zero-order chi connectivity index (χ0) is 11.7. The number of rotatable bonds is 3. The van der Waals surface area contributed by atoms with Gasteiger partial charge in [0.25, 0.3) is 5.89 Å². The topological polar surface area (TPSA) is 91.0 Å². The Morgan fingerprint density at radius 3 is 2.56 bits per heavy atom. The minimum Gasteiger partial charge on any atom is -0.351 e. The lowest BCUT2D eigenvalue weighted by atomic mass is 10.1. The second kappa shape index (κ2) is 4.05. The van der Waals surface area contributed by atoms with Crippen molar-refractivity contribution in [2.24, 2.45) is 11.7 Å². The molecule has 0 aromatic carbocycles. The molecular weight excluding hydrogens is 208 g/mol. The predicted molar refractivity (Wildman–Crippen MR) is 56.3 cm³/mol. The molecule has 0 bridgehead atoms. The van der Waals surface area contributed by atoms with E-state index in [9.17, 15) is 0 Å². The zero-order valence-corrected chi connectivity index (χ0v) is 9.47. The Bertz CT molecular complexity index is 475. The van der Waals surface area contributed by atoms with Crippen LogP contribution in [-0.4, -0.2) is 15.3 Å². The summed E-state index contributed by atoms with van der Waals surface area (Å²) >= 11 is 0. The molecular formula is C10H14N4O2. The molecule has 0 aliphatic rings. The van der Waals surface area contributed by atoms with E-state index in [0.717, 1.165) is 5.69 Å². The van der Waals surface area contributed by atoms with E-state index in [4.69, 9.17) is 14.8 Å². The molecule has 2 heterocycles. The Balaban J connectivity index is 2.26. The highest BCUT2D eigenvalue weighted by Gasteiger charge is 2.19. The fourth-order valence-corrected chi connectivity index (χ4v) is 1.23. The summed E-state index contributed by atoms with van der Waals surface area (Å²) in [7, 11) is 0. The molecule has 2 aromatic heterocycles. The van der Waals surface area contributed by atoms with Crippen molar-refractivity contribution in [3.8, 4) is 11.7 Å². The van der Waals surface area contributed by atoms with Crippen molar-refractivity contribution in [3.63, 3.8) is 0 Å². The maximum absolute atomic E-state index is 5.90. The molecule has 2 N–H and O–H groups in total. The average Bonchev–Trinajstić information content (AvgIpc) is 2.84. The van der Waals surface area contributed by atoms with Crippen LogP contribution in [0.1, 0.15) is 31.4 Å². The second-order valence-corrected chi connectivity index (χ2v) is 4.06. The molecule has 1 unspecified atom stereocenters. The Hall–Kier alpha value is -1.69. The molecule has 0 amide bonds. The Morgan fingerprint density at radius 2 is 2.00 bits per heavy atom. The Morgan fingerprint density at radius 1 is 1.25 bits per heavy atom. The highest BCUT2D eigenvalue weighted by Crippen LogP contribution is 2.21. The van der Waals surface area contributed by atoms with Gasteiger partial charge in [0.15, 0.2) is 5.82 Å². The van der Waals surface area contributed by atoms with Crippen LogP contribution in [0.15, 0.2) is 15.1 Å². The van der Waals surface area contributed by atoms with Crippen molar-refractivity contribution in [3.05, 3.63) is 17.6 Å². The van der Waals surface area contributed by atoms with Gasteiger partial charge in [-0.05, 0) is 12.8 Å². The Kier molecular flexibility index (Phi) is 2.74. The summed E-state index contributed by atoms with van der Waals surface area (Å²) in [6, 6.07) is 1.50. The van der Waals surface area contributed by atoms with Crippen LogP contribution in [0.3, 0.4) is 0 Å². The van der Waals surface area contributed by atoms with Crippen molar-refractivity contribution in [2.75, 3.05) is 0 Å². The van der Waals surface area contributed by atoms with E-state index >= 15 is 0 Å². The maximum Gasteiger partial charge on any atom is 0.296 e. The molecule has 6 nitrogen and oxygen atoms in total. The first-order chi connectivity index (χ1) is 7.58. The molecule has 2 aromatic rings. The summed E-state index contributed by atoms with van der Waals surface area (Å²) in [6.45, 7) is 5.82. The van der Waals surface area contributed by atoms with Crippen LogP contribution in [0.5, 0.6) is 0 Å². The van der Waals surface area contributed by atoms with Crippen molar-refractivity contribution >= 4 is 0 Å². The van der Waals surface area contributed by atoms with Crippen molar-refractivity contribution in [1.82, 2.24) is 15.3 Å². The van der Waals surface area contributed by atoms with Gasteiger partial charge < -0.3 is 14.8 Å². The molecule has 1 atom stereocenters. The van der Waals surface area contributed by atoms with Crippen LogP contribution < -0.4 is 5.73 Å². The van der Waals surface area contributed by atoms with Gasteiger partial charge in [-0.1, -0.05) is 24.2 Å². The molecule has 2 rings (SSSR count). The van der Waals surface area contributed by atoms with E-state index in [2.05, 4.69) is 15.3 Å². The fraction of sp³-hybridized carbons (Fsp3) is 0.500. The lowest BCUT2D eigenvalue weighted by molar-refractivity contribution is 0.373. The van der Waals surface area contributed by atoms with Crippen LogP contribution in [0, 0.1) is 12.8 Å². The summed E-state index contributed by atoms with van der Waals surface area (Å²) in [5.74, 6) is 1.51. The molecule has 16 heavy (non-hydrogen) atoms. The van der Waals surface area contributed by atoms with Crippen molar-refractivity contribution < 1.29 is 9.05 Å². The van der Waals surface area contributed by atoms with Gasteiger partial charge in [0.1, 0.15) is 0 Å². The average molecular weight is 222 g/mol. The number of nitrogens with two attached hydrogens (primary N) is 1. The van der Waals surface area contributed by atoms with Crippen LogP contribution in [-0.2, 0) is 0 Å². The monoisotopic (exact) mass is 222 g/mol. The van der Waals surface area contributed by atoms with E-state index in [1.807, 2.05) is 20.8 Å². The number of aromatic nitrogens is 3. The molecule has 0 aliphatic carbocycles. The number of aryl methyl sites for hydroxylation is 1. The number of nitrogens with zero attached hydrogens (tertiary/aromatic N) is 3. The van der Waals surface area contributed by atoms with E-state index in [1.54, 1.807) is 6.07 Å². The lowest BCUT2D eigenvalue weighted by Crippen LogP contribution is -2.18. The third-order valence-corrected chi connectivity index (χ3v) is 2.30. The molecule has 0 saturated carbocycles. The molecule has 0 fully saturated rings. The summed E-state index contributed by atoms with van der Waals surface area (Å²) < 4.78 is 10.1. The normalized spacial score (nSPS) is 13.3. The molecule has 0 spiro atoms. The molecule has 86 valence electrons. The van der Waals surface area contributed by atoms with Crippen LogP contribution in [0.4, 0.5) is 0 Å². The van der Waals surface area contributed by atoms with E-state index in [1.165, 1.54) is 0 Å². The zero-order valence-electron chi connectivity index (χ0n) is 9.47. The van der Waals surface area contributed by atoms with E-state index in [-0.39, 0.29) is 12.0 Å². The first-order valence-corrected chi connectivity index (χ1v) is 5.11. The van der Waals surface area contributed by atoms with Gasteiger partial charge in [0, 0.05) is 6.07 Å². The van der Waals surface area contributed by atoms with E-state index in [0.29, 0.717) is 17.5 Å². The summed E-state index contributed by atoms with van der Waals surface area (Å²) in [5.41, 5.74) is 6.67. The van der Waals surface area contributed by atoms with Crippen LogP contribution in [0.2, 0.25) is 0 Å². The van der Waals surface area contributed by atoms with Crippen LogP contribution >= 0.6 is 0 Å². The summed E-state index contributed by atoms with van der Waals surface area (Å²) in [4.78, 5) is 4.18. The third kappa shape index (κ3) is 1.96. The van der Waals surface area contributed by atoms with Crippen molar-refractivity contribution in [1.29, 1.82) is 0 Å². The highest BCUT2D eigenvalue weighted by molar-refractivity contribution is 5.43. The molecule has 6 heteroatoms. The Labute approximate surface area is 92.8 Å². The number of hydrogen-bond donors (Lipinski definition) is 1. The largest absolute Gasteiger partial charge is 0.351 e. The van der Waals surface area contributed by atoms with Gasteiger partial charge in [0.05, 0.1) is 11.7 Å². The molecule has 0 radical (unpaired) electrons. The predicted octanol–water partition coefficient (Wildman–Crippen LogP) is 1.69. The quantitative estimate of drug-likeness (QED) is 0.849. The first-order valence-electron chi connectivity index (χ1n) is 5.11. The second-order valence-electron chi connectivity index (χ2n) is 4.06. The van der Waals surface area contributed by atoms with E-state index < -0.39 is 0 Å². The van der Waals surface area contributed by atoms with Gasteiger partial charge in [-0.15, -0.1) is 0 Å². The molecule has 0 saturated heterocycles. The van der Waals surface area contributed by atoms with Gasteiger partial charge in [-0.2, -0.15) is 4.98 Å². The molecule has 0 aliphatic heterocycles. The number of hydrogen-bond acceptors (Lipinski definition) is 6. The summed E-state index contributed by atoms with van der Waals surface area (Å²) in [5, 5.41) is 7.57. The van der Waals surface area contributed by atoms with Gasteiger partial charge >= 0.3 is 0 Å². The maximum atomic E-state index is 5.90. The van der Waals surface area contributed by atoms with Crippen LogP contribution in [0.25, 0.3) is 11.7 Å². The van der Waals surface area contributed by atoms with Crippen molar-refractivity contribution in [2.45, 2.75) is 26.8 Å². The van der Waals surface area contributed by atoms with Gasteiger partial charge in [0.2, 0.25) is 5.76 Å². The van der Waals surface area contributed by atoms with Gasteiger partial charge in [-0.25, -0.2) is 0 Å². The highest BCUT2D eigenvalue weighted by atomic mass is 16.5. The fourth-order valence-electron chi connectivity index (χ4n) is 1.23. The smallest absolute Gasteiger partial charge is 0.296 e. The minimum absolute atomic E-state index is 0.235. The SMILES string of the molecule is Cc1cc(-c2nc(C(N)C(C)C)no2)on1. The summed E-state index contributed by atoms with van der Waals surface area (Å²) in [6.07, 6.45) is 0. The standard InChI is InChI=1S/C10H14N4O2/c1-5(2)8(11)9-12-10(16-14-9)7-4-6(3)13-15-7/h4-5,8H,11H2,1-3H3. The third-order valence-electron chi connectivity index (χ3n) is 2.30. The van der Waals surface area contributed by atoms with Gasteiger partial charge in [-0.3, -0.25) is 0 Å². The first kappa shape index (κ1) is 10.8. The minimum atomic E-state index is -0.235.